The number of hydrogen-bond donors (Lipinski definition) is 2. The Morgan fingerprint density at radius 2 is 1.70 bits per heavy atom. The number of thioether (sulfide) groups is 1. The zero-order valence-electron chi connectivity index (χ0n) is 30.0. The van der Waals surface area contributed by atoms with Gasteiger partial charge in [-0.2, -0.15) is 13.2 Å². The van der Waals surface area contributed by atoms with Crippen molar-refractivity contribution in [1.29, 1.82) is 0 Å². The van der Waals surface area contributed by atoms with Gasteiger partial charge in [0.1, 0.15) is 5.69 Å². The first kappa shape index (κ1) is 38.9. The number of hydrogen-bond acceptors (Lipinski definition) is 9. The number of piperazine rings is 1. The van der Waals surface area contributed by atoms with E-state index in [4.69, 9.17) is 0 Å². The van der Waals surface area contributed by atoms with Gasteiger partial charge in [0.2, 0.25) is 0 Å². The molecule has 1 saturated heterocycles. The second-order valence-corrected chi connectivity index (χ2v) is 16.5. The molecule has 2 aliphatic heterocycles. The zero-order chi connectivity index (χ0) is 39.5. The lowest BCUT2D eigenvalue weighted by atomic mass is 9.92. The van der Waals surface area contributed by atoms with Crippen LogP contribution in [0.5, 0.6) is 0 Å². The third-order valence-electron chi connectivity index (χ3n) is 10.0. The van der Waals surface area contributed by atoms with E-state index in [2.05, 4.69) is 19.8 Å². The van der Waals surface area contributed by atoms with Crippen LogP contribution >= 0.6 is 11.8 Å². The SMILES string of the molecule is O=C(NS(=O)(=O)c1ccc(NCCSc2ccccc2)c([N+](=O)[O-])c1)c1ccc2c(c1)CC[C@H]1CN(Cc3ccccc3-c3cccc(C(F)(F)F)c3)CCN21. The van der Waals surface area contributed by atoms with E-state index in [1.807, 2.05) is 60.7 Å². The van der Waals surface area contributed by atoms with E-state index in [9.17, 15) is 36.5 Å². The van der Waals surface area contributed by atoms with Crippen molar-refractivity contribution in [2.45, 2.75) is 41.4 Å². The van der Waals surface area contributed by atoms with Gasteiger partial charge in [0, 0.05) is 66.7 Å². The van der Waals surface area contributed by atoms with Gasteiger partial charge >= 0.3 is 6.18 Å². The standard InChI is InChI=1S/C41H38F3N5O5S2/c42-41(43,44)32-9-6-8-28(24-32)36-12-5-4-7-31(36)26-47-20-21-48-33(27-47)15-13-29-23-30(14-18-38(29)48)40(50)46-56(53,54)35-16-17-37(39(25-35)49(51)52)45-19-22-55-34-10-2-1-3-11-34/h1-12,14,16-18,23-25,33,45H,13,15,19-22,26-27H2,(H,46,50)/t33-/m0/s1. The highest BCUT2D eigenvalue weighted by atomic mass is 32.2. The highest BCUT2D eigenvalue weighted by Crippen LogP contribution is 2.36. The average molecular weight is 802 g/mol. The van der Waals surface area contributed by atoms with Crippen LogP contribution in [0.4, 0.5) is 30.2 Å². The minimum Gasteiger partial charge on any atom is -0.379 e. The minimum absolute atomic E-state index is 0.152. The monoisotopic (exact) mass is 801 g/mol. The van der Waals surface area contributed by atoms with Gasteiger partial charge in [0.25, 0.3) is 21.6 Å². The highest BCUT2D eigenvalue weighted by Gasteiger charge is 2.33. The second-order valence-electron chi connectivity index (χ2n) is 13.7. The van der Waals surface area contributed by atoms with Crippen LogP contribution < -0.4 is 14.9 Å². The van der Waals surface area contributed by atoms with E-state index in [0.29, 0.717) is 43.9 Å². The normalized spacial score (nSPS) is 15.8. The molecular formula is C41H38F3N5O5S2. The van der Waals surface area contributed by atoms with Crippen LogP contribution in [-0.2, 0) is 29.2 Å². The molecule has 2 aliphatic rings. The van der Waals surface area contributed by atoms with Gasteiger partial charge in [0.05, 0.1) is 15.4 Å². The summed E-state index contributed by atoms with van der Waals surface area (Å²) in [5.74, 6) is -0.221. The van der Waals surface area contributed by atoms with Crippen LogP contribution in [0.2, 0.25) is 0 Å². The number of nitro groups is 1. The van der Waals surface area contributed by atoms with Crippen molar-refractivity contribution in [3.63, 3.8) is 0 Å². The average Bonchev–Trinajstić information content (AvgIpc) is 3.19. The van der Waals surface area contributed by atoms with Crippen molar-refractivity contribution in [3.05, 3.63) is 148 Å². The molecule has 1 amide bonds. The number of carbonyl (C=O) groups excluding carboxylic acids is 1. The Morgan fingerprint density at radius 1 is 0.911 bits per heavy atom. The number of amides is 1. The summed E-state index contributed by atoms with van der Waals surface area (Å²) >= 11 is 1.58. The number of aryl methyl sites for hydroxylation is 1. The van der Waals surface area contributed by atoms with E-state index in [0.717, 1.165) is 52.4 Å². The van der Waals surface area contributed by atoms with Crippen LogP contribution in [0.25, 0.3) is 11.1 Å². The Bertz CT molecular complexity index is 2360. The number of nitro benzene ring substituents is 1. The molecular weight excluding hydrogens is 764 g/mol. The Morgan fingerprint density at radius 3 is 2.48 bits per heavy atom. The predicted molar refractivity (Wildman–Crippen MR) is 211 cm³/mol. The maximum absolute atomic E-state index is 13.5. The summed E-state index contributed by atoms with van der Waals surface area (Å²) in [5.41, 5.74) is 3.31. The quantitative estimate of drug-likeness (QED) is 0.0556. The van der Waals surface area contributed by atoms with Gasteiger partial charge in [-0.1, -0.05) is 54.6 Å². The van der Waals surface area contributed by atoms with Crippen molar-refractivity contribution in [2.24, 2.45) is 0 Å². The summed E-state index contributed by atoms with van der Waals surface area (Å²) in [6.45, 7) is 3.12. The molecule has 0 bridgehead atoms. The smallest absolute Gasteiger partial charge is 0.379 e. The molecule has 2 N–H and O–H groups in total. The molecule has 15 heteroatoms. The fraction of sp³-hybridized carbons (Fsp3) is 0.244. The minimum atomic E-state index is -4.45. The maximum Gasteiger partial charge on any atom is 0.416 e. The van der Waals surface area contributed by atoms with Crippen LogP contribution in [0.1, 0.15) is 33.5 Å². The number of alkyl halides is 3. The summed E-state index contributed by atoms with van der Waals surface area (Å²) in [4.78, 5) is 29.7. The zero-order valence-corrected chi connectivity index (χ0v) is 31.7. The summed E-state index contributed by atoms with van der Waals surface area (Å²) in [6.07, 6.45) is -2.99. The van der Waals surface area contributed by atoms with E-state index in [1.165, 1.54) is 24.3 Å². The van der Waals surface area contributed by atoms with Gasteiger partial charge in [-0.05, 0) is 89.7 Å². The first-order valence-corrected chi connectivity index (χ1v) is 20.5. The van der Waals surface area contributed by atoms with Gasteiger partial charge in [-0.15, -0.1) is 11.8 Å². The van der Waals surface area contributed by atoms with Crippen LogP contribution in [0, 0.1) is 10.1 Å². The van der Waals surface area contributed by atoms with Gasteiger partial charge in [-0.25, -0.2) is 13.1 Å². The highest BCUT2D eigenvalue weighted by molar-refractivity contribution is 7.99. The molecule has 56 heavy (non-hydrogen) atoms. The van der Waals surface area contributed by atoms with Gasteiger partial charge in [-0.3, -0.25) is 19.8 Å². The number of nitrogens with zero attached hydrogens (tertiary/aromatic N) is 3. The largest absolute Gasteiger partial charge is 0.416 e. The van der Waals surface area contributed by atoms with Crippen molar-refractivity contribution in [2.75, 3.05) is 42.1 Å². The molecule has 0 saturated carbocycles. The number of carbonyl (C=O) groups is 1. The molecule has 0 unspecified atom stereocenters. The van der Waals surface area contributed by atoms with Crippen molar-refractivity contribution in [1.82, 2.24) is 9.62 Å². The molecule has 2 heterocycles. The number of anilines is 2. The van der Waals surface area contributed by atoms with E-state index >= 15 is 0 Å². The Kier molecular flexibility index (Phi) is 11.4. The number of rotatable bonds is 12. The molecule has 1 atom stereocenters. The predicted octanol–water partition coefficient (Wildman–Crippen LogP) is 8.24. The Hall–Kier alpha value is -5.38. The molecule has 5 aromatic rings. The van der Waals surface area contributed by atoms with E-state index in [-0.39, 0.29) is 17.3 Å². The molecule has 0 spiro atoms. The molecule has 5 aromatic carbocycles. The van der Waals surface area contributed by atoms with Crippen molar-refractivity contribution in [3.8, 4) is 11.1 Å². The molecule has 7 rings (SSSR count). The summed E-state index contributed by atoms with van der Waals surface area (Å²) in [5, 5.41) is 14.9. The third kappa shape index (κ3) is 8.85. The topological polar surface area (TPSA) is 125 Å². The Labute approximate surface area is 326 Å². The first-order chi connectivity index (χ1) is 26.9. The van der Waals surface area contributed by atoms with Crippen molar-refractivity contribution < 1.29 is 31.3 Å². The molecule has 10 nitrogen and oxygen atoms in total. The molecule has 0 radical (unpaired) electrons. The van der Waals surface area contributed by atoms with Crippen LogP contribution in [0.3, 0.4) is 0 Å². The number of halogens is 3. The third-order valence-corrected chi connectivity index (χ3v) is 12.4. The summed E-state index contributed by atoms with van der Waals surface area (Å²) in [6, 6.07) is 31.4. The van der Waals surface area contributed by atoms with E-state index < -0.39 is 43.2 Å². The second kappa shape index (κ2) is 16.4. The molecule has 290 valence electrons. The summed E-state index contributed by atoms with van der Waals surface area (Å²) < 4.78 is 69.0. The lowest BCUT2D eigenvalue weighted by Gasteiger charge is -2.46. The Balaban J connectivity index is 0.981. The molecule has 0 aromatic heterocycles. The number of sulfonamides is 1. The number of nitrogens with one attached hydrogen (secondary N) is 2. The summed E-state index contributed by atoms with van der Waals surface area (Å²) in [7, 11) is -4.45. The fourth-order valence-corrected chi connectivity index (χ4v) is 9.07. The van der Waals surface area contributed by atoms with Crippen LogP contribution in [0.15, 0.2) is 125 Å². The first-order valence-electron chi connectivity index (χ1n) is 18.0. The molecule has 0 aliphatic carbocycles. The van der Waals surface area contributed by atoms with Crippen LogP contribution in [-0.4, -0.2) is 62.1 Å². The lowest BCUT2D eigenvalue weighted by Crippen LogP contribution is -2.54. The maximum atomic E-state index is 13.5. The molecule has 1 fully saturated rings. The lowest BCUT2D eigenvalue weighted by molar-refractivity contribution is -0.384. The fourth-order valence-electron chi connectivity index (χ4n) is 7.29. The van der Waals surface area contributed by atoms with Crippen molar-refractivity contribution >= 4 is 44.8 Å². The van der Waals surface area contributed by atoms with E-state index in [1.54, 1.807) is 30.0 Å². The number of fused-ring (bicyclic) bond motifs is 3. The van der Waals surface area contributed by atoms with Gasteiger partial charge in [0.15, 0.2) is 0 Å². The number of benzene rings is 5. The van der Waals surface area contributed by atoms with Gasteiger partial charge < -0.3 is 10.2 Å².